The van der Waals surface area contributed by atoms with E-state index in [2.05, 4.69) is 43.8 Å². The van der Waals surface area contributed by atoms with Crippen molar-refractivity contribution in [2.45, 2.75) is 6.61 Å². The summed E-state index contributed by atoms with van der Waals surface area (Å²) in [4.78, 5) is 38.7. The van der Waals surface area contributed by atoms with Crippen molar-refractivity contribution in [2.75, 3.05) is 11.9 Å². The second kappa shape index (κ2) is 11.4. The summed E-state index contributed by atoms with van der Waals surface area (Å²) in [5.41, 5.74) is 1.84. The van der Waals surface area contributed by atoms with Gasteiger partial charge >= 0.3 is 0 Å². The van der Waals surface area contributed by atoms with Crippen LogP contribution in [0.3, 0.4) is 0 Å². The van der Waals surface area contributed by atoms with E-state index in [1.54, 1.807) is 18.2 Å². The SMILES string of the molecule is O=C(CN1C(=O)S/C(=C/c2cc(Br)ccc2OCc2ccc(I)cc2)C1=O)Nc1cccc(F)c1. The van der Waals surface area contributed by atoms with Gasteiger partial charge in [0.2, 0.25) is 5.91 Å². The molecule has 1 aliphatic rings. The number of carbonyl (C=O) groups excluding carboxylic acids is 3. The normalized spacial score (nSPS) is 14.5. The van der Waals surface area contributed by atoms with Gasteiger partial charge < -0.3 is 10.1 Å². The standard InChI is InChI=1S/C25H17BrFIN2O4S/c26-17-6-9-21(34-14-15-4-7-19(28)8-5-15)16(10-17)11-22-24(32)30(25(33)35-22)13-23(31)29-20-3-1-2-18(27)12-20/h1-12H,13-14H2,(H,29,31)/b22-11+. The lowest BCUT2D eigenvalue weighted by molar-refractivity contribution is -0.127. The fourth-order valence-corrected chi connectivity index (χ4v) is 4.76. The highest BCUT2D eigenvalue weighted by atomic mass is 127. The van der Waals surface area contributed by atoms with E-state index in [1.807, 2.05) is 30.3 Å². The van der Waals surface area contributed by atoms with Crippen LogP contribution >= 0.6 is 50.3 Å². The maximum absolute atomic E-state index is 13.3. The number of imide groups is 1. The molecule has 1 N–H and O–H groups in total. The average Bonchev–Trinajstić information content (AvgIpc) is 3.07. The highest BCUT2D eigenvalue weighted by molar-refractivity contribution is 14.1. The van der Waals surface area contributed by atoms with Crippen LogP contribution in [0.2, 0.25) is 0 Å². The molecular formula is C25H17BrFIN2O4S. The van der Waals surface area contributed by atoms with Crippen LogP contribution in [-0.4, -0.2) is 28.5 Å². The van der Waals surface area contributed by atoms with E-state index < -0.39 is 29.4 Å². The topological polar surface area (TPSA) is 75.7 Å². The molecule has 4 rings (SSSR count). The third-order valence-corrected chi connectivity index (χ3v) is 6.97. The zero-order chi connectivity index (χ0) is 24.9. The molecule has 0 aliphatic carbocycles. The fourth-order valence-electron chi connectivity index (χ4n) is 3.19. The minimum Gasteiger partial charge on any atom is -0.488 e. The quantitative estimate of drug-likeness (QED) is 0.232. The van der Waals surface area contributed by atoms with Gasteiger partial charge in [-0.15, -0.1) is 0 Å². The second-order valence-corrected chi connectivity index (χ2v) is 10.6. The van der Waals surface area contributed by atoms with E-state index in [0.717, 1.165) is 36.3 Å². The Bertz CT molecular complexity index is 1330. The monoisotopic (exact) mass is 666 g/mol. The van der Waals surface area contributed by atoms with E-state index in [1.165, 1.54) is 18.2 Å². The van der Waals surface area contributed by atoms with Crippen molar-refractivity contribution in [1.29, 1.82) is 0 Å². The van der Waals surface area contributed by atoms with Gasteiger partial charge in [-0.3, -0.25) is 19.3 Å². The molecule has 178 valence electrons. The Morgan fingerprint density at radius 1 is 1.11 bits per heavy atom. The Labute approximate surface area is 227 Å². The summed E-state index contributed by atoms with van der Waals surface area (Å²) < 4.78 is 21.2. The summed E-state index contributed by atoms with van der Waals surface area (Å²) in [7, 11) is 0. The van der Waals surface area contributed by atoms with Gasteiger partial charge in [-0.1, -0.05) is 34.1 Å². The molecule has 3 amide bonds. The Morgan fingerprint density at radius 3 is 2.63 bits per heavy atom. The lowest BCUT2D eigenvalue weighted by atomic mass is 10.1. The molecular weight excluding hydrogens is 650 g/mol. The third-order valence-electron chi connectivity index (χ3n) is 4.85. The van der Waals surface area contributed by atoms with Crippen molar-refractivity contribution in [2.24, 2.45) is 0 Å². The van der Waals surface area contributed by atoms with Crippen LogP contribution in [0.1, 0.15) is 11.1 Å². The van der Waals surface area contributed by atoms with Crippen LogP contribution in [0.5, 0.6) is 5.75 Å². The van der Waals surface area contributed by atoms with Gasteiger partial charge in [0.05, 0.1) is 4.91 Å². The summed E-state index contributed by atoms with van der Waals surface area (Å²) >= 11 is 6.40. The van der Waals surface area contributed by atoms with Gasteiger partial charge in [-0.05, 0) is 94.5 Å². The van der Waals surface area contributed by atoms with Gasteiger partial charge in [-0.2, -0.15) is 0 Å². The predicted molar refractivity (Wildman–Crippen MR) is 145 cm³/mol. The van der Waals surface area contributed by atoms with Gasteiger partial charge in [-0.25, -0.2) is 4.39 Å². The number of ether oxygens (including phenoxy) is 1. The number of thioether (sulfide) groups is 1. The summed E-state index contributed by atoms with van der Waals surface area (Å²) in [6, 6.07) is 18.7. The number of hydrogen-bond acceptors (Lipinski definition) is 5. The van der Waals surface area contributed by atoms with E-state index in [4.69, 9.17) is 4.74 Å². The van der Waals surface area contributed by atoms with Crippen molar-refractivity contribution in [3.8, 4) is 5.75 Å². The first-order valence-corrected chi connectivity index (χ1v) is 12.9. The smallest absolute Gasteiger partial charge is 0.294 e. The van der Waals surface area contributed by atoms with Crippen molar-refractivity contribution in [3.05, 3.63) is 96.6 Å². The van der Waals surface area contributed by atoms with Crippen LogP contribution in [0.15, 0.2) is 76.1 Å². The van der Waals surface area contributed by atoms with Crippen LogP contribution < -0.4 is 10.1 Å². The largest absolute Gasteiger partial charge is 0.488 e. The van der Waals surface area contributed by atoms with Crippen LogP contribution in [0, 0.1) is 9.39 Å². The molecule has 10 heteroatoms. The minimum absolute atomic E-state index is 0.172. The first-order chi connectivity index (χ1) is 16.8. The lowest BCUT2D eigenvalue weighted by Crippen LogP contribution is -2.36. The van der Waals surface area contributed by atoms with Crippen molar-refractivity contribution < 1.29 is 23.5 Å². The number of halogens is 3. The number of nitrogens with one attached hydrogen (secondary N) is 1. The number of benzene rings is 3. The molecule has 1 heterocycles. The highest BCUT2D eigenvalue weighted by Gasteiger charge is 2.36. The van der Waals surface area contributed by atoms with E-state index in [9.17, 15) is 18.8 Å². The first-order valence-electron chi connectivity index (χ1n) is 10.3. The summed E-state index contributed by atoms with van der Waals surface area (Å²) in [5, 5.41) is 1.92. The molecule has 0 bridgehead atoms. The molecule has 0 aromatic heterocycles. The Balaban J connectivity index is 1.48. The molecule has 3 aromatic rings. The van der Waals surface area contributed by atoms with Crippen LogP contribution in [-0.2, 0) is 16.2 Å². The molecule has 0 atom stereocenters. The van der Waals surface area contributed by atoms with Crippen molar-refractivity contribution >= 4 is 79.1 Å². The van der Waals surface area contributed by atoms with Crippen LogP contribution in [0.4, 0.5) is 14.9 Å². The molecule has 0 saturated carbocycles. The van der Waals surface area contributed by atoms with E-state index in [0.29, 0.717) is 17.9 Å². The van der Waals surface area contributed by atoms with Gasteiger partial charge in [0.15, 0.2) is 0 Å². The Kier molecular flexibility index (Phi) is 8.24. The fraction of sp³-hybridized carbons (Fsp3) is 0.0800. The van der Waals surface area contributed by atoms with Gasteiger partial charge in [0.25, 0.3) is 11.1 Å². The van der Waals surface area contributed by atoms with Gasteiger partial charge in [0, 0.05) is 19.3 Å². The lowest BCUT2D eigenvalue weighted by Gasteiger charge is -2.13. The number of nitrogens with zero attached hydrogens (tertiary/aromatic N) is 1. The summed E-state index contributed by atoms with van der Waals surface area (Å²) in [6.07, 6.45) is 1.57. The zero-order valence-corrected chi connectivity index (χ0v) is 22.5. The predicted octanol–water partition coefficient (Wildman–Crippen LogP) is 6.45. The highest BCUT2D eigenvalue weighted by Crippen LogP contribution is 2.35. The van der Waals surface area contributed by atoms with Gasteiger partial charge in [0.1, 0.15) is 24.7 Å². The Hall–Kier alpha value is -2.70. The molecule has 1 aliphatic heterocycles. The average molecular weight is 667 g/mol. The van der Waals surface area contributed by atoms with E-state index >= 15 is 0 Å². The summed E-state index contributed by atoms with van der Waals surface area (Å²) in [5.74, 6) is -1.16. The molecule has 0 spiro atoms. The molecule has 35 heavy (non-hydrogen) atoms. The molecule has 6 nitrogen and oxygen atoms in total. The number of amides is 3. The summed E-state index contributed by atoms with van der Waals surface area (Å²) in [6.45, 7) is -0.145. The maximum atomic E-state index is 13.3. The molecule has 3 aromatic carbocycles. The number of hydrogen-bond donors (Lipinski definition) is 1. The third kappa shape index (κ3) is 6.71. The van der Waals surface area contributed by atoms with Crippen molar-refractivity contribution in [3.63, 3.8) is 0 Å². The zero-order valence-electron chi connectivity index (χ0n) is 18.0. The Morgan fingerprint density at radius 2 is 1.89 bits per heavy atom. The molecule has 1 saturated heterocycles. The maximum Gasteiger partial charge on any atom is 0.294 e. The number of anilines is 1. The molecule has 0 unspecified atom stereocenters. The van der Waals surface area contributed by atoms with E-state index in [-0.39, 0.29) is 10.6 Å². The van der Waals surface area contributed by atoms with Crippen molar-refractivity contribution in [1.82, 2.24) is 4.90 Å². The van der Waals surface area contributed by atoms with Crippen LogP contribution in [0.25, 0.3) is 6.08 Å². The number of rotatable bonds is 7. The molecule has 0 radical (unpaired) electrons. The number of carbonyl (C=O) groups is 3. The second-order valence-electron chi connectivity index (χ2n) is 7.42. The first kappa shape index (κ1) is 25.4. The molecule has 1 fully saturated rings. The minimum atomic E-state index is -0.608.